The quantitative estimate of drug-likeness (QED) is 0.748. The molecule has 110 valence electrons. The third kappa shape index (κ3) is 4.83. The van der Waals surface area contributed by atoms with E-state index in [-0.39, 0.29) is 12.1 Å². The lowest BCUT2D eigenvalue weighted by molar-refractivity contribution is -0.139. The minimum atomic E-state index is -1.13. The zero-order valence-electron chi connectivity index (χ0n) is 11.0. The Bertz CT molecular complexity index is 495. The van der Waals surface area contributed by atoms with E-state index in [1.165, 1.54) is 6.07 Å². The van der Waals surface area contributed by atoms with E-state index in [4.69, 9.17) is 5.11 Å². The lowest BCUT2D eigenvalue weighted by atomic mass is 10.2. The molecule has 1 aromatic carbocycles. The molecule has 1 atom stereocenters. The molecule has 0 aliphatic rings. The van der Waals surface area contributed by atoms with Crippen LogP contribution in [0.25, 0.3) is 0 Å². The van der Waals surface area contributed by atoms with E-state index >= 15 is 0 Å². The van der Waals surface area contributed by atoms with Crippen LogP contribution in [0, 0.1) is 11.6 Å². The van der Waals surface area contributed by atoms with Crippen molar-refractivity contribution in [3.63, 3.8) is 0 Å². The van der Waals surface area contributed by atoms with Crippen molar-refractivity contribution in [3.05, 3.63) is 35.4 Å². The van der Waals surface area contributed by atoms with Gasteiger partial charge in [-0.05, 0) is 12.5 Å². The number of benzene rings is 1. The molecule has 0 unspecified atom stereocenters. The number of hydrogen-bond donors (Lipinski definition) is 3. The third-order valence-electron chi connectivity index (χ3n) is 2.64. The topological polar surface area (TPSA) is 78.4 Å². The number of carbonyl (C=O) groups is 2. The Morgan fingerprint density at radius 2 is 2.05 bits per heavy atom. The maximum absolute atomic E-state index is 13.3. The molecule has 1 aromatic rings. The highest BCUT2D eigenvalue weighted by Gasteiger charge is 2.18. The summed E-state index contributed by atoms with van der Waals surface area (Å²) in [6.45, 7) is 1.64. The summed E-state index contributed by atoms with van der Waals surface area (Å²) in [5.41, 5.74) is 0.115. The van der Waals surface area contributed by atoms with Gasteiger partial charge >= 0.3 is 12.0 Å². The first kappa shape index (κ1) is 15.9. The molecule has 2 amide bonds. The smallest absolute Gasteiger partial charge is 0.326 e. The predicted molar refractivity (Wildman–Crippen MR) is 68.1 cm³/mol. The van der Waals surface area contributed by atoms with Gasteiger partial charge in [0, 0.05) is 18.2 Å². The first-order valence-electron chi connectivity index (χ1n) is 6.15. The number of carboxylic acid groups (broad SMARTS) is 1. The van der Waals surface area contributed by atoms with Crippen LogP contribution in [0.1, 0.15) is 25.3 Å². The number of hydrogen-bond acceptors (Lipinski definition) is 2. The molecule has 7 heteroatoms. The molecule has 20 heavy (non-hydrogen) atoms. The maximum Gasteiger partial charge on any atom is 0.326 e. The van der Waals surface area contributed by atoms with E-state index in [2.05, 4.69) is 10.6 Å². The Labute approximate surface area is 115 Å². The molecular weight excluding hydrogens is 270 g/mol. The number of rotatable bonds is 6. The normalized spacial score (nSPS) is 11.8. The molecular formula is C13H16F2N2O3. The van der Waals surface area contributed by atoms with Crippen LogP contribution in [0.4, 0.5) is 13.6 Å². The van der Waals surface area contributed by atoms with Crippen molar-refractivity contribution >= 4 is 12.0 Å². The van der Waals surface area contributed by atoms with Crippen molar-refractivity contribution < 1.29 is 23.5 Å². The summed E-state index contributed by atoms with van der Waals surface area (Å²) in [5.74, 6) is -2.60. The van der Waals surface area contributed by atoms with Gasteiger partial charge in [0.25, 0.3) is 0 Å². The van der Waals surface area contributed by atoms with E-state index in [0.29, 0.717) is 18.9 Å². The molecule has 0 fully saturated rings. The van der Waals surface area contributed by atoms with Gasteiger partial charge in [-0.25, -0.2) is 18.4 Å². The van der Waals surface area contributed by atoms with Crippen LogP contribution >= 0.6 is 0 Å². The maximum atomic E-state index is 13.3. The van der Waals surface area contributed by atoms with Crippen molar-refractivity contribution in [1.82, 2.24) is 10.6 Å². The summed E-state index contributed by atoms with van der Waals surface area (Å²) in [5, 5.41) is 13.5. The van der Waals surface area contributed by atoms with Crippen molar-refractivity contribution in [2.45, 2.75) is 32.4 Å². The minimum absolute atomic E-state index is 0.115. The summed E-state index contributed by atoms with van der Waals surface area (Å²) in [6, 6.07) is 1.31. The highest BCUT2D eigenvalue weighted by molar-refractivity contribution is 5.82. The van der Waals surface area contributed by atoms with E-state index in [9.17, 15) is 18.4 Å². The summed E-state index contributed by atoms with van der Waals surface area (Å²) in [6.07, 6.45) is 0.900. The number of carbonyl (C=O) groups excluding carboxylic acids is 1. The van der Waals surface area contributed by atoms with Crippen molar-refractivity contribution in [2.75, 3.05) is 0 Å². The number of halogens is 2. The second kappa shape index (κ2) is 7.42. The standard InChI is InChI=1S/C13H16F2N2O3/c1-2-3-11(12(18)19)17-13(20)16-7-8-4-5-9(14)6-10(8)15/h4-6,11H,2-3,7H2,1H3,(H,18,19)(H2,16,17,20)/t11-/m0/s1. The molecule has 0 radical (unpaired) electrons. The van der Waals surface area contributed by atoms with Crippen LogP contribution in [-0.4, -0.2) is 23.1 Å². The lowest BCUT2D eigenvalue weighted by Crippen LogP contribution is -2.45. The van der Waals surface area contributed by atoms with Crippen LogP contribution in [0.2, 0.25) is 0 Å². The second-order valence-electron chi connectivity index (χ2n) is 4.24. The monoisotopic (exact) mass is 286 g/mol. The summed E-state index contributed by atoms with van der Waals surface area (Å²) >= 11 is 0. The molecule has 0 bridgehead atoms. The van der Waals surface area contributed by atoms with E-state index in [1.807, 2.05) is 0 Å². The number of carboxylic acids is 1. The minimum Gasteiger partial charge on any atom is -0.480 e. The molecule has 0 aliphatic heterocycles. The Balaban J connectivity index is 2.52. The zero-order chi connectivity index (χ0) is 15.1. The highest BCUT2D eigenvalue weighted by atomic mass is 19.1. The third-order valence-corrected chi connectivity index (χ3v) is 2.64. The fourth-order valence-electron chi connectivity index (χ4n) is 1.60. The van der Waals surface area contributed by atoms with Gasteiger partial charge in [-0.1, -0.05) is 19.4 Å². The Morgan fingerprint density at radius 1 is 1.35 bits per heavy atom. The Morgan fingerprint density at radius 3 is 2.60 bits per heavy atom. The van der Waals surface area contributed by atoms with Gasteiger partial charge in [-0.2, -0.15) is 0 Å². The van der Waals surface area contributed by atoms with Gasteiger partial charge in [-0.3, -0.25) is 0 Å². The van der Waals surface area contributed by atoms with Crippen LogP contribution < -0.4 is 10.6 Å². The molecule has 0 saturated heterocycles. The number of amides is 2. The SMILES string of the molecule is CCC[C@H](NC(=O)NCc1ccc(F)cc1F)C(=O)O. The molecule has 0 aromatic heterocycles. The average Bonchev–Trinajstić information content (AvgIpc) is 2.37. The molecule has 3 N–H and O–H groups in total. The number of aliphatic carboxylic acids is 1. The zero-order valence-corrected chi connectivity index (χ0v) is 11.0. The van der Waals surface area contributed by atoms with Gasteiger partial charge in [0.1, 0.15) is 17.7 Å². The molecule has 0 aliphatic carbocycles. The number of nitrogens with one attached hydrogen (secondary N) is 2. The van der Waals surface area contributed by atoms with Crippen LogP contribution in [0.15, 0.2) is 18.2 Å². The fraction of sp³-hybridized carbons (Fsp3) is 0.385. The number of urea groups is 1. The fourth-order valence-corrected chi connectivity index (χ4v) is 1.60. The molecule has 1 rings (SSSR count). The Hall–Kier alpha value is -2.18. The first-order valence-corrected chi connectivity index (χ1v) is 6.15. The van der Waals surface area contributed by atoms with Gasteiger partial charge < -0.3 is 15.7 Å². The largest absolute Gasteiger partial charge is 0.480 e. The van der Waals surface area contributed by atoms with Crippen LogP contribution in [0.3, 0.4) is 0 Å². The van der Waals surface area contributed by atoms with Gasteiger partial charge in [0.05, 0.1) is 0 Å². The first-order chi connectivity index (χ1) is 9.43. The predicted octanol–water partition coefficient (Wildman–Crippen LogP) is 2.02. The second-order valence-corrected chi connectivity index (χ2v) is 4.24. The van der Waals surface area contributed by atoms with Gasteiger partial charge in [0.15, 0.2) is 0 Å². The molecule has 5 nitrogen and oxygen atoms in total. The van der Waals surface area contributed by atoms with Crippen LogP contribution in [-0.2, 0) is 11.3 Å². The average molecular weight is 286 g/mol. The van der Waals surface area contributed by atoms with E-state index in [1.54, 1.807) is 6.92 Å². The van der Waals surface area contributed by atoms with Gasteiger partial charge in [0.2, 0.25) is 0 Å². The summed E-state index contributed by atoms with van der Waals surface area (Å²) in [7, 11) is 0. The van der Waals surface area contributed by atoms with Crippen molar-refractivity contribution in [1.29, 1.82) is 0 Å². The van der Waals surface area contributed by atoms with Crippen molar-refractivity contribution in [3.8, 4) is 0 Å². The van der Waals surface area contributed by atoms with E-state index in [0.717, 1.165) is 6.07 Å². The van der Waals surface area contributed by atoms with Crippen molar-refractivity contribution in [2.24, 2.45) is 0 Å². The van der Waals surface area contributed by atoms with E-state index < -0.39 is 29.7 Å². The Kier molecular flexibility index (Phi) is 5.89. The molecule has 0 heterocycles. The highest BCUT2D eigenvalue weighted by Crippen LogP contribution is 2.09. The lowest BCUT2D eigenvalue weighted by Gasteiger charge is -2.14. The van der Waals surface area contributed by atoms with Crippen LogP contribution in [0.5, 0.6) is 0 Å². The summed E-state index contributed by atoms with van der Waals surface area (Å²) < 4.78 is 26.0. The summed E-state index contributed by atoms with van der Waals surface area (Å²) in [4.78, 5) is 22.3. The molecule has 0 saturated carbocycles. The van der Waals surface area contributed by atoms with Gasteiger partial charge in [-0.15, -0.1) is 0 Å². The molecule has 0 spiro atoms.